The van der Waals surface area contributed by atoms with E-state index in [9.17, 15) is 9.18 Å². The number of halogens is 1. The first-order valence-corrected chi connectivity index (χ1v) is 14.0. The zero-order valence-electron chi connectivity index (χ0n) is 23.9. The van der Waals surface area contributed by atoms with Crippen molar-refractivity contribution in [2.45, 2.75) is 25.5 Å². The molecule has 1 amide bonds. The number of rotatable bonds is 13. The standard InChI is InChI=1S/C35H35FN2O4/c1-40-19-18-37-35(39)21-30(27-14-17-33(34(20-27)41-2)42-24-26-8-4-3-5-9-26)31-23-38(32-11-7-6-10-29(31)32)22-25-12-15-28(36)16-13-25/h3-17,20,23,30H,18-19,21-22,24H2,1-2H3,(H,37,39)/t30-/m1/s1. The molecule has 0 aliphatic heterocycles. The second kappa shape index (κ2) is 13.8. The van der Waals surface area contributed by atoms with Crippen molar-refractivity contribution in [3.63, 3.8) is 0 Å². The van der Waals surface area contributed by atoms with Crippen molar-refractivity contribution in [2.75, 3.05) is 27.4 Å². The molecule has 1 atom stereocenters. The van der Waals surface area contributed by atoms with E-state index in [4.69, 9.17) is 14.2 Å². The Labute approximate surface area is 245 Å². The lowest BCUT2D eigenvalue weighted by molar-refractivity contribution is -0.121. The zero-order valence-corrected chi connectivity index (χ0v) is 23.9. The van der Waals surface area contributed by atoms with Gasteiger partial charge in [0.05, 0.1) is 13.7 Å². The number of para-hydroxylation sites is 1. The minimum Gasteiger partial charge on any atom is -0.493 e. The number of amides is 1. The SMILES string of the molecule is COCCNC(=O)C[C@H](c1ccc(OCc2ccccc2)c(OC)c1)c1cn(Cc2ccc(F)cc2)c2ccccc12. The van der Waals surface area contributed by atoms with Gasteiger partial charge in [-0.1, -0.05) is 66.7 Å². The Morgan fingerprint density at radius 2 is 1.64 bits per heavy atom. The highest BCUT2D eigenvalue weighted by Crippen LogP contribution is 2.39. The van der Waals surface area contributed by atoms with Gasteiger partial charge in [-0.15, -0.1) is 0 Å². The van der Waals surface area contributed by atoms with Gasteiger partial charge in [0.15, 0.2) is 11.5 Å². The Kier molecular flexibility index (Phi) is 9.51. The molecule has 0 aliphatic rings. The first kappa shape index (κ1) is 28.9. The van der Waals surface area contributed by atoms with Gasteiger partial charge in [-0.05, 0) is 52.6 Å². The van der Waals surface area contributed by atoms with Gasteiger partial charge in [-0.25, -0.2) is 4.39 Å². The molecule has 0 aliphatic carbocycles. The topological polar surface area (TPSA) is 61.7 Å². The fourth-order valence-corrected chi connectivity index (χ4v) is 5.18. The lowest BCUT2D eigenvalue weighted by Gasteiger charge is -2.19. The van der Waals surface area contributed by atoms with E-state index in [2.05, 4.69) is 28.2 Å². The summed E-state index contributed by atoms with van der Waals surface area (Å²) in [4.78, 5) is 13.2. The number of hydrogen-bond donors (Lipinski definition) is 1. The molecule has 0 fully saturated rings. The molecule has 0 saturated heterocycles. The van der Waals surface area contributed by atoms with Gasteiger partial charge in [0.25, 0.3) is 0 Å². The summed E-state index contributed by atoms with van der Waals surface area (Å²) in [5.41, 5.74) is 5.04. The molecule has 0 saturated carbocycles. The molecule has 5 aromatic rings. The number of nitrogens with zero attached hydrogens (tertiary/aromatic N) is 1. The Hall–Kier alpha value is -4.62. The lowest BCUT2D eigenvalue weighted by atomic mass is 9.87. The Bertz CT molecular complexity index is 1620. The van der Waals surface area contributed by atoms with E-state index in [1.807, 2.05) is 60.7 Å². The summed E-state index contributed by atoms with van der Waals surface area (Å²) in [7, 11) is 3.23. The average molecular weight is 567 g/mol. The number of methoxy groups -OCH3 is 2. The van der Waals surface area contributed by atoms with Crippen molar-refractivity contribution in [2.24, 2.45) is 0 Å². The maximum absolute atomic E-state index is 13.6. The number of fused-ring (bicyclic) bond motifs is 1. The van der Waals surface area contributed by atoms with Crippen LogP contribution < -0.4 is 14.8 Å². The second-order valence-electron chi connectivity index (χ2n) is 10.1. The summed E-state index contributed by atoms with van der Waals surface area (Å²) in [5, 5.41) is 4.02. The number of ether oxygens (including phenoxy) is 3. The van der Waals surface area contributed by atoms with Gasteiger partial charge in [0.2, 0.25) is 5.91 Å². The van der Waals surface area contributed by atoms with Gasteiger partial charge in [-0.3, -0.25) is 4.79 Å². The third-order valence-electron chi connectivity index (χ3n) is 7.31. The van der Waals surface area contributed by atoms with Crippen LogP contribution in [-0.4, -0.2) is 37.8 Å². The van der Waals surface area contributed by atoms with Crippen molar-refractivity contribution in [3.8, 4) is 11.5 Å². The molecule has 4 aromatic carbocycles. The van der Waals surface area contributed by atoms with E-state index >= 15 is 0 Å². The van der Waals surface area contributed by atoms with Crippen LogP contribution in [0.4, 0.5) is 4.39 Å². The van der Waals surface area contributed by atoms with Crippen LogP contribution in [0.1, 0.15) is 34.6 Å². The molecule has 1 N–H and O–H groups in total. The number of carbonyl (C=O) groups is 1. The van der Waals surface area contributed by atoms with Crippen LogP contribution in [0.25, 0.3) is 10.9 Å². The molecule has 0 radical (unpaired) electrons. The number of hydrogen-bond acceptors (Lipinski definition) is 4. The third kappa shape index (κ3) is 6.98. The van der Waals surface area contributed by atoms with Gasteiger partial charge < -0.3 is 24.1 Å². The van der Waals surface area contributed by atoms with Gasteiger partial charge in [-0.2, -0.15) is 0 Å². The van der Waals surface area contributed by atoms with E-state index in [-0.39, 0.29) is 24.1 Å². The van der Waals surface area contributed by atoms with Crippen LogP contribution in [0.3, 0.4) is 0 Å². The Morgan fingerprint density at radius 1 is 0.881 bits per heavy atom. The molecule has 0 spiro atoms. The highest BCUT2D eigenvalue weighted by atomic mass is 19.1. The third-order valence-corrected chi connectivity index (χ3v) is 7.31. The molecule has 42 heavy (non-hydrogen) atoms. The quantitative estimate of drug-likeness (QED) is 0.161. The number of benzene rings is 4. The van der Waals surface area contributed by atoms with Crippen molar-refractivity contribution in [1.82, 2.24) is 9.88 Å². The zero-order chi connectivity index (χ0) is 29.3. The van der Waals surface area contributed by atoms with Crippen LogP contribution in [0.2, 0.25) is 0 Å². The molecule has 1 aromatic heterocycles. The van der Waals surface area contributed by atoms with Crippen molar-refractivity contribution < 1.29 is 23.4 Å². The summed E-state index contributed by atoms with van der Waals surface area (Å²) in [5.74, 6) is 0.636. The molecule has 0 unspecified atom stereocenters. The average Bonchev–Trinajstić information content (AvgIpc) is 3.38. The minimum atomic E-state index is -0.263. The predicted octanol–water partition coefficient (Wildman–Crippen LogP) is 6.70. The lowest BCUT2D eigenvalue weighted by Crippen LogP contribution is -2.28. The van der Waals surface area contributed by atoms with Gasteiger partial charge in [0, 0.05) is 49.6 Å². The molecule has 1 heterocycles. The molecular formula is C35H35FN2O4. The first-order chi connectivity index (χ1) is 20.6. The maximum atomic E-state index is 13.6. The van der Waals surface area contributed by atoms with Crippen LogP contribution in [0, 0.1) is 5.82 Å². The fourth-order valence-electron chi connectivity index (χ4n) is 5.18. The summed E-state index contributed by atoms with van der Waals surface area (Å²) in [6.45, 7) is 1.86. The molecular weight excluding hydrogens is 531 g/mol. The minimum absolute atomic E-state index is 0.0733. The number of nitrogens with one attached hydrogen (secondary N) is 1. The summed E-state index contributed by atoms with van der Waals surface area (Å²) < 4.78 is 32.7. The largest absolute Gasteiger partial charge is 0.493 e. The fraction of sp³-hybridized carbons (Fsp3) is 0.229. The molecule has 5 rings (SSSR count). The van der Waals surface area contributed by atoms with E-state index in [0.717, 1.165) is 33.2 Å². The highest BCUT2D eigenvalue weighted by Gasteiger charge is 2.24. The second-order valence-corrected chi connectivity index (χ2v) is 10.1. The van der Waals surface area contributed by atoms with Crippen LogP contribution in [0.5, 0.6) is 11.5 Å². The highest BCUT2D eigenvalue weighted by molar-refractivity contribution is 5.87. The number of aromatic nitrogens is 1. The van der Waals surface area contributed by atoms with E-state index < -0.39 is 0 Å². The maximum Gasteiger partial charge on any atom is 0.221 e. The molecule has 216 valence electrons. The monoisotopic (exact) mass is 566 g/mol. The first-order valence-electron chi connectivity index (χ1n) is 14.0. The summed E-state index contributed by atoms with van der Waals surface area (Å²) >= 11 is 0. The van der Waals surface area contributed by atoms with Crippen LogP contribution >= 0.6 is 0 Å². The summed E-state index contributed by atoms with van der Waals surface area (Å²) in [6.07, 6.45) is 2.34. The molecule has 6 nitrogen and oxygen atoms in total. The van der Waals surface area contributed by atoms with Crippen LogP contribution in [-0.2, 0) is 22.7 Å². The smallest absolute Gasteiger partial charge is 0.221 e. The summed E-state index contributed by atoms with van der Waals surface area (Å²) in [6, 6.07) is 30.5. The Balaban J connectivity index is 1.51. The van der Waals surface area contributed by atoms with Crippen molar-refractivity contribution in [3.05, 3.63) is 131 Å². The van der Waals surface area contributed by atoms with Crippen LogP contribution in [0.15, 0.2) is 103 Å². The van der Waals surface area contributed by atoms with E-state index in [1.54, 1.807) is 26.4 Å². The van der Waals surface area contributed by atoms with Gasteiger partial charge in [0.1, 0.15) is 12.4 Å². The van der Waals surface area contributed by atoms with Gasteiger partial charge >= 0.3 is 0 Å². The van der Waals surface area contributed by atoms with Crippen molar-refractivity contribution in [1.29, 1.82) is 0 Å². The van der Waals surface area contributed by atoms with Crippen molar-refractivity contribution >= 4 is 16.8 Å². The van der Waals surface area contributed by atoms with E-state index in [1.165, 1.54) is 12.1 Å². The van der Waals surface area contributed by atoms with E-state index in [0.29, 0.717) is 37.8 Å². The predicted molar refractivity (Wildman–Crippen MR) is 163 cm³/mol. The Morgan fingerprint density at radius 3 is 2.40 bits per heavy atom. The molecule has 7 heteroatoms. The molecule has 0 bridgehead atoms. The normalized spacial score (nSPS) is 11.8. The number of carbonyl (C=O) groups excluding carboxylic acids is 1.